The summed E-state index contributed by atoms with van der Waals surface area (Å²) in [4.78, 5) is 26.0. The molecule has 29 heavy (non-hydrogen) atoms. The van der Waals surface area contributed by atoms with Gasteiger partial charge in [-0.25, -0.2) is 4.79 Å². The topological polar surface area (TPSA) is 86.1 Å². The van der Waals surface area contributed by atoms with Gasteiger partial charge in [0, 0.05) is 5.69 Å². The zero-order chi connectivity index (χ0) is 21.1. The quantitative estimate of drug-likeness (QED) is 0.671. The van der Waals surface area contributed by atoms with Gasteiger partial charge >= 0.3 is 5.97 Å². The maximum absolute atomic E-state index is 12.4. The van der Waals surface area contributed by atoms with Gasteiger partial charge in [-0.3, -0.25) is 4.79 Å². The number of benzene rings is 2. The summed E-state index contributed by atoms with van der Waals surface area (Å²) in [6.07, 6.45) is 0. The lowest BCUT2D eigenvalue weighted by atomic mass is 10.1. The molecule has 1 heterocycles. The Morgan fingerprint density at radius 1 is 1.00 bits per heavy atom. The lowest BCUT2D eigenvalue weighted by Gasteiger charge is -2.10. The molecule has 0 aliphatic heterocycles. The zero-order valence-electron chi connectivity index (χ0n) is 17.2. The first-order valence-corrected chi connectivity index (χ1v) is 9.31. The van der Waals surface area contributed by atoms with Crippen LogP contribution < -0.4 is 5.32 Å². The predicted octanol–water partition coefficient (Wildman–Crippen LogP) is 3.60. The number of ether oxygens (including phenoxy) is 1. The molecule has 0 saturated heterocycles. The van der Waals surface area contributed by atoms with Crippen molar-refractivity contribution in [3.63, 3.8) is 0 Å². The largest absolute Gasteiger partial charge is 0.451 e. The number of nitrogens with one attached hydrogen (secondary N) is 1. The highest BCUT2D eigenvalue weighted by atomic mass is 16.5. The predicted molar refractivity (Wildman–Crippen MR) is 110 cm³/mol. The van der Waals surface area contributed by atoms with Gasteiger partial charge in [-0.15, -0.1) is 5.10 Å². The lowest BCUT2D eigenvalue weighted by Crippen LogP contribution is -2.22. The number of carbonyl (C=O) groups excluding carboxylic acids is 2. The van der Waals surface area contributed by atoms with Gasteiger partial charge in [0.05, 0.1) is 11.4 Å². The third-order valence-corrected chi connectivity index (χ3v) is 4.76. The van der Waals surface area contributed by atoms with E-state index in [-0.39, 0.29) is 5.69 Å². The van der Waals surface area contributed by atoms with E-state index in [1.807, 2.05) is 64.1 Å². The van der Waals surface area contributed by atoms with Crippen LogP contribution in [0.15, 0.2) is 36.4 Å². The van der Waals surface area contributed by atoms with E-state index >= 15 is 0 Å². The number of nitrogens with zero attached hydrogens (tertiary/aromatic N) is 3. The average Bonchev–Trinajstić information content (AvgIpc) is 3.05. The summed E-state index contributed by atoms with van der Waals surface area (Å²) >= 11 is 0. The minimum Gasteiger partial charge on any atom is -0.451 e. The number of aromatic nitrogens is 3. The monoisotopic (exact) mass is 392 g/mol. The van der Waals surface area contributed by atoms with Gasteiger partial charge in [-0.1, -0.05) is 29.8 Å². The fourth-order valence-corrected chi connectivity index (χ4v) is 2.98. The summed E-state index contributed by atoms with van der Waals surface area (Å²) in [5.41, 5.74) is 6.16. The van der Waals surface area contributed by atoms with Crippen LogP contribution in [-0.2, 0) is 9.53 Å². The van der Waals surface area contributed by atoms with Crippen molar-refractivity contribution in [2.24, 2.45) is 0 Å². The molecule has 0 spiro atoms. The maximum atomic E-state index is 12.4. The Kier molecular flexibility index (Phi) is 5.77. The van der Waals surface area contributed by atoms with Crippen molar-refractivity contribution in [3.8, 4) is 5.69 Å². The standard InChI is InChI=1S/C22H24N4O3/c1-13-9-10-19(15(3)11-13)26-24-17(5)21(25-26)22(28)29-12-20(27)23-18-8-6-7-14(2)16(18)4/h6-11H,12H2,1-5H3,(H,23,27). The molecule has 1 amide bonds. The van der Waals surface area contributed by atoms with E-state index in [4.69, 9.17) is 4.74 Å². The highest BCUT2D eigenvalue weighted by Gasteiger charge is 2.20. The summed E-state index contributed by atoms with van der Waals surface area (Å²) in [5.74, 6) is -1.10. The number of carbonyl (C=O) groups is 2. The minimum absolute atomic E-state index is 0.0875. The van der Waals surface area contributed by atoms with Crippen LogP contribution in [0, 0.1) is 34.6 Å². The Bertz CT molecular complexity index is 1090. The van der Waals surface area contributed by atoms with Crippen LogP contribution >= 0.6 is 0 Å². The molecule has 3 rings (SSSR count). The van der Waals surface area contributed by atoms with E-state index in [1.54, 1.807) is 6.92 Å². The third kappa shape index (κ3) is 4.51. The van der Waals surface area contributed by atoms with E-state index in [0.29, 0.717) is 11.4 Å². The minimum atomic E-state index is -0.686. The number of anilines is 1. The molecule has 0 unspecified atom stereocenters. The highest BCUT2D eigenvalue weighted by Crippen LogP contribution is 2.18. The van der Waals surface area contributed by atoms with Crippen LogP contribution in [0.2, 0.25) is 0 Å². The Morgan fingerprint density at radius 3 is 2.48 bits per heavy atom. The van der Waals surface area contributed by atoms with Crippen LogP contribution in [0.5, 0.6) is 0 Å². The second-order valence-corrected chi connectivity index (χ2v) is 7.09. The Balaban J connectivity index is 1.67. The number of esters is 1. The fourth-order valence-electron chi connectivity index (χ4n) is 2.98. The first-order valence-electron chi connectivity index (χ1n) is 9.31. The molecule has 0 aliphatic carbocycles. The summed E-state index contributed by atoms with van der Waals surface area (Å²) in [6.45, 7) is 9.13. The smallest absolute Gasteiger partial charge is 0.361 e. The van der Waals surface area contributed by atoms with E-state index in [2.05, 4.69) is 15.5 Å². The molecule has 7 heteroatoms. The Hall–Kier alpha value is -3.48. The molecular formula is C22H24N4O3. The van der Waals surface area contributed by atoms with Crippen LogP contribution in [0.25, 0.3) is 5.69 Å². The van der Waals surface area contributed by atoms with Gasteiger partial charge < -0.3 is 10.1 Å². The summed E-state index contributed by atoms with van der Waals surface area (Å²) in [5, 5.41) is 11.3. The normalized spacial score (nSPS) is 10.7. The molecule has 0 radical (unpaired) electrons. The molecule has 0 aliphatic rings. The number of amides is 1. The SMILES string of the molecule is Cc1ccc(-n2nc(C)c(C(=O)OCC(=O)Nc3cccc(C)c3C)n2)c(C)c1. The van der Waals surface area contributed by atoms with Crippen LogP contribution in [0.4, 0.5) is 5.69 Å². The highest BCUT2D eigenvalue weighted by molar-refractivity contribution is 5.95. The second kappa shape index (κ2) is 8.26. The number of hydrogen-bond donors (Lipinski definition) is 1. The Morgan fingerprint density at radius 2 is 1.76 bits per heavy atom. The molecular weight excluding hydrogens is 368 g/mol. The third-order valence-electron chi connectivity index (χ3n) is 4.76. The van der Waals surface area contributed by atoms with Gasteiger partial charge in [0.25, 0.3) is 5.91 Å². The van der Waals surface area contributed by atoms with Gasteiger partial charge in [0.15, 0.2) is 12.3 Å². The molecule has 0 saturated carbocycles. The van der Waals surface area contributed by atoms with E-state index in [9.17, 15) is 9.59 Å². The first kappa shape index (κ1) is 20.3. The first-order chi connectivity index (χ1) is 13.8. The van der Waals surface area contributed by atoms with Crippen LogP contribution in [0.3, 0.4) is 0 Å². The summed E-state index contributed by atoms with van der Waals surface area (Å²) < 4.78 is 5.14. The van der Waals surface area contributed by atoms with Crippen LogP contribution in [-0.4, -0.2) is 33.5 Å². The second-order valence-electron chi connectivity index (χ2n) is 7.09. The van der Waals surface area contributed by atoms with Crippen molar-refractivity contribution < 1.29 is 14.3 Å². The molecule has 7 nitrogen and oxygen atoms in total. The lowest BCUT2D eigenvalue weighted by molar-refractivity contribution is -0.119. The molecule has 150 valence electrons. The van der Waals surface area contributed by atoms with Crippen molar-refractivity contribution in [2.45, 2.75) is 34.6 Å². The number of aryl methyl sites for hydroxylation is 4. The van der Waals surface area contributed by atoms with Gasteiger partial charge in [-0.2, -0.15) is 9.90 Å². The van der Waals surface area contributed by atoms with Crippen molar-refractivity contribution >= 4 is 17.6 Å². The fraction of sp³-hybridized carbons (Fsp3) is 0.273. The van der Waals surface area contributed by atoms with Gasteiger partial charge in [-0.05, 0) is 63.4 Å². The molecule has 1 N–H and O–H groups in total. The maximum Gasteiger partial charge on any atom is 0.361 e. The van der Waals surface area contributed by atoms with Crippen molar-refractivity contribution in [1.29, 1.82) is 0 Å². The van der Waals surface area contributed by atoms with Crippen molar-refractivity contribution in [1.82, 2.24) is 15.0 Å². The molecule has 0 fully saturated rings. The average molecular weight is 392 g/mol. The van der Waals surface area contributed by atoms with E-state index < -0.39 is 18.5 Å². The summed E-state index contributed by atoms with van der Waals surface area (Å²) in [7, 11) is 0. The molecule has 2 aromatic carbocycles. The molecule has 1 aromatic heterocycles. The molecule has 0 bridgehead atoms. The molecule has 0 atom stereocenters. The van der Waals surface area contributed by atoms with E-state index in [0.717, 1.165) is 27.9 Å². The number of hydrogen-bond acceptors (Lipinski definition) is 5. The van der Waals surface area contributed by atoms with Crippen molar-refractivity contribution in [2.75, 3.05) is 11.9 Å². The van der Waals surface area contributed by atoms with E-state index in [1.165, 1.54) is 4.80 Å². The summed E-state index contributed by atoms with van der Waals surface area (Å²) in [6, 6.07) is 11.5. The zero-order valence-corrected chi connectivity index (χ0v) is 17.2. The van der Waals surface area contributed by atoms with Crippen molar-refractivity contribution in [3.05, 3.63) is 70.0 Å². The van der Waals surface area contributed by atoms with Gasteiger partial charge in [0.2, 0.25) is 0 Å². The van der Waals surface area contributed by atoms with Gasteiger partial charge in [0.1, 0.15) is 0 Å². The Labute approximate surface area is 169 Å². The number of rotatable bonds is 5. The van der Waals surface area contributed by atoms with Crippen LogP contribution in [0.1, 0.15) is 38.4 Å². The molecule has 3 aromatic rings.